The van der Waals surface area contributed by atoms with E-state index in [-0.39, 0.29) is 17.9 Å². The quantitative estimate of drug-likeness (QED) is 0.917. The summed E-state index contributed by atoms with van der Waals surface area (Å²) in [6, 6.07) is 9.02. The Kier molecular flexibility index (Phi) is 3.92. The van der Waals surface area contributed by atoms with Crippen LogP contribution in [0.1, 0.15) is 12.2 Å². The van der Waals surface area contributed by atoms with Crippen LogP contribution in [-0.2, 0) is 21.2 Å². The first-order chi connectivity index (χ1) is 10.4. The Morgan fingerprint density at radius 1 is 1.36 bits per heavy atom. The number of fused-ring (bicyclic) bond motifs is 1. The molecule has 1 N–H and O–H groups in total. The number of furan rings is 1. The number of benzene rings is 1. The van der Waals surface area contributed by atoms with Crippen molar-refractivity contribution in [1.29, 1.82) is 0 Å². The van der Waals surface area contributed by atoms with Crippen LogP contribution in [-0.4, -0.2) is 48.5 Å². The largest absolute Gasteiger partial charge is 0.481 e. The van der Waals surface area contributed by atoms with E-state index in [1.165, 1.54) is 0 Å². The van der Waals surface area contributed by atoms with Crippen molar-refractivity contribution >= 4 is 26.8 Å². The first-order valence-corrected chi connectivity index (χ1v) is 8.89. The lowest BCUT2D eigenvalue weighted by atomic mass is 10.2. The van der Waals surface area contributed by atoms with Gasteiger partial charge in [0, 0.05) is 18.0 Å². The van der Waals surface area contributed by atoms with Gasteiger partial charge in [-0.25, -0.2) is 8.42 Å². The van der Waals surface area contributed by atoms with Crippen molar-refractivity contribution < 1.29 is 22.7 Å². The van der Waals surface area contributed by atoms with Gasteiger partial charge in [-0.15, -0.1) is 0 Å². The number of nitrogens with zero attached hydrogens (tertiary/aromatic N) is 1. The molecule has 1 atom stereocenters. The molecule has 2 heterocycles. The van der Waals surface area contributed by atoms with Crippen LogP contribution >= 0.6 is 0 Å². The minimum absolute atomic E-state index is 0.0589. The molecule has 0 spiro atoms. The highest BCUT2D eigenvalue weighted by Crippen LogP contribution is 2.23. The molecule has 1 aliphatic heterocycles. The zero-order valence-electron chi connectivity index (χ0n) is 11.9. The third-order valence-electron chi connectivity index (χ3n) is 3.90. The zero-order valence-corrected chi connectivity index (χ0v) is 12.8. The second-order valence-electron chi connectivity index (χ2n) is 5.59. The zero-order chi connectivity index (χ0) is 15.7. The van der Waals surface area contributed by atoms with Gasteiger partial charge in [-0.2, -0.15) is 0 Å². The molecule has 1 fully saturated rings. The molecule has 0 aliphatic carbocycles. The number of carboxylic acids is 1. The van der Waals surface area contributed by atoms with Crippen molar-refractivity contribution in [3.63, 3.8) is 0 Å². The van der Waals surface area contributed by atoms with Crippen molar-refractivity contribution in [1.82, 2.24) is 4.90 Å². The van der Waals surface area contributed by atoms with Crippen molar-refractivity contribution in [2.45, 2.75) is 19.0 Å². The van der Waals surface area contributed by atoms with Crippen LogP contribution in [0.4, 0.5) is 0 Å². The number of aliphatic carboxylic acids is 1. The summed E-state index contributed by atoms with van der Waals surface area (Å²) in [4.78, 5) is 12.9. The minimum Gasteiger partial charge on any atom is -0.481 e. The van der Waals surface area contributed by atoms with Gasteiger partial charge in [0.15, 0.2) is 9.84 Å². The molecule has 1 aromatic heterocycles. The third kappa shape index (κ3) is 3.31. The molecule has 1 unspecified atom stereocenters. The molecule has 1 aromatic carbocycles. The maximum Gasteiger partial charge on any atom is 0.304 e. The second-order valence-corrected chi connectivity index (χ2v) is 7.82. The standard InChI is InChI=1S/C15H17NO5S/c17-15(18)8-12-10-22(19,20)6-5-16(12)9-13-7-11-3-1-2-4-14(11)21-13/h1-4,7,12H,5-6,8-10H2,(H,17,18). The molecular weight excluding hydrogens is 306 g/mol. The van der Waals surface area contributed by atoms with E-state index in [0.717, 1.165) is 16.7 Å². The topological polar surface area (TPSA) is 87.8 Å². The van der Waals surface area contributed by atoms with E-state index < -0.39 is 21.8 Å². The first-order valence-electron chi connectivity index (χ1n) is 7.07. The van der Waals surface area contributed by atoms with Crippen LogP contribution in [0.25, 0.3) is 11.0 Å². The molecule has 3 rings (SSSR count). The van der Waals surface area contributed by atoms with Crippen LogP contribution < -0.4 is 0 Å². The average Bonchev–Trinajstić information content (AvgIpc) is 2.83. The molecule has 0 bridgehead atoms. The lowest BCUT2D eigenvalue weighted by Crippen LogP contribution is -2.48. The summed E-state index contributed by atoms with van der Waals surface area (Å²) < 4.78 is 29.2. The highest BCUT2D eigenvalue weighted by molar-refractivity contribution is 7.91. The first kappa shape index (κ1) is 15.1. The van der Waals surface area contributed by atoms with E-state index in [1.807, 2.05) is 35.2 Å². The van der Waals surface area contributed by atoms with Gasteiger partial charge in [0.1, 0.15) is 11.3 Å². The van der Waals surface area contributed by atoms with Crippen LogP contribution in [0.2, 0.25) is 0 Å². The van der Waals surface area contributed by atoms with Crippen molar-refractivity contribution in [2.75, 3.05) is 18.1 Å². The van der Waals surface area contributed by atoms with Gasteiger partial charge in [0.05, 0.1) is 24.5 Å². The van der Waals surface area contributed by atoms with Gasteiger partial charge in [-0.05, 0) is 12.1 Å². The number of carboxylic acid groups (broad SMARTS) is 1. The summed E-state index contributed by atoms with van der Waals surface area (Å²) >= 11 is 0. The van der Waals surface area contributed by atoms with E-state index in [1.54, 1.807) is 0 Å². The molecule has 22 heavy (non-hydrogen) atoms. The summed E-state index contributed by atoms with van der Waals surface area (Å²) in [5.74, 6) is -0.323. The third-order valence-corrected chi connectivity index (χ3v) is 5.60. The molecule has 1 saturated heterocycles. The SMILES string of the molecule is O=C(O)CC1CS(=O)(=O)CCN1Cc1cc2ccccc2o1. The Labute approximate surface area is 128 Å². The number of hydrogen-bond donors (Lipinski definition) is 1. The Morgan fingerprint density at radius 3 is 2.86 bits per heavy atom. The number of rotatable bonds is 4. The van der Waals surface area contributed by atoms with E-state index in [0.29, 0.717) is 13.1 Å². The molecule has 6 nitrogen and oxygen atoms in total. The van der Waals surface area contributed by atoms with Crippen molar-refractivity contribution in [3.8, 4) is 0 Å². The Bertz CT molecular complexity index is 762. The molecule has 2 aromatic rings. The van der Waals surface area contributed by atoms with E-state index in [9.17, 15) is 13.2 Å². The van der Waals surface area contributed by atoms with Crippen molar-refractivity contribution in [2.24, 2.45) is 0 Å². The summed E-state index contributed by atoms with van der Waals surface area (Å²) in [7, 11) is -3.16. The molecule has 1 aliphatic rings. The monoisotopic (exact) mass is 323 g/mol. The van der Waals surface area contributed by atoms with Gasteiger partial charge >= 0.3 is 5.97 Å². The van der Waals surface area contributed by atoms with E-state index in [4.69, 9.17) is 9.52 Å². The lowest BCUT2D eigenvalue weighted by molar-refractivity contribution is -0.138. The average molecular weight is 323 g/mol. The highest BCUT2D eigenvalue weighted by Gasteiger charge is 2.33. The van der Waals surface area contributed by atoms with Crippen LogP contribution in [0.5, 0.6) is 0 Å². The molecule has 0 saturated carbocycles. The summed E-state index contributed by atoms with van der Waals surface area (Å²) in [6.07, 6.45) is -0.181. The molecule has 0 amide bonds. The predicted octanol–water partition coefficient (Wildman–Crippen LogP) is 1.51. The minimum atomic E-state index is -3.16. The van der Waals surface area contributed by atoms with Gasteiger partial charge in [0.2, 0.25) is 0 Å². The Morgan fingerprint density at radius 2 is 2.14 bits per heavy atom. The number of sulfone groups is 1. The van der Waals surface area contributed by atoms with Gasteiger partial charge in [-0.3, -0.25) is 9.69 Å². The molecule has 7 heteroatoms. The summed E-state index contributed by atoms with van der Waals surface area (Å²) in [5.41, 5.74) is 0.775. The fraction of sp³-hybridized carbons (Fsp3) is 0.400. The predicted molar refractivity (Wildman–Crippen MR) is 81.3 cm³/mol. The Balaban J connectivity index is 1.80. The summed E-state index contributed by atoms with van der Waals surface area (Å²) in [6.45, 7) is 0.749. The maximum absolute atomic E-state index is 11.7. The van der Waals surface area contributed by atoms with E-state index in [2.05, 4.69) is 0 Å². The maximum atomic E-state index is 11.7. The lowest BCUT2D eigenvalue weighted by Gasteiger charge is -2.33. The molecule has 118 valence electrons. The van der Waals surface area contributed by atoms with Gasteiger partial charge < -0.3 is 9.52 Å². The molecule has 0 radical (unpaired) electrons. The smallest absolute Gasteiger partial charge is 0.304 e. The van der Waals surface area contributed by atoms with Crippen molar-refractivity contribution in [3.05, 3.63) is 36.1 Å². The number of carbonyl (C=O) groups is 1. The highest BCUT2D eigenvalue weighted by atomic mass is 32.2. The Hall–Kier alpha value is -1.86. The van der Waals surface area contributed by atoms with Crippen LogP contribution in [0.3, 0.4) is 0 Å². The normalized spacial score (nSPS) is 21.9. The van der Waals surface area contributed by atoms with E-state index >= 15 is 0 Å². The fourth-order valence-electron chi connectivity index (χ4n) is 2.83. The second kappa shape index (κ2) is 5.73. The number of para-hydroxylation sites is 1. The van der Waals surface area contributed by atoms with Crippen LogP contribution in [0, 0.1) is 0 Å². The van der Waals surface area contributed by atoms with Gasteiger partial charge in [0.25, 0.3) is 0 Å². The molecular formula is C15H17NO5S. The fourth-order valence-corrected chi connectivity index (χ4v) is 4.43. The summed E-state index contributed by atoms with van der Waals surface area (Å²) in [5, 5.41) is 9.97. The van der Waals surface area contributed by atoms with Gasteiger partial charge in [-0.1, -0.05) is 18.2 Å². The number of hydrogen-bond acceptors (Lipinski definition) is 5. The van der Waals surface area contributed by atoms with Crippen LogP contribution in [0.15, 0.2) is 34.7 Å².